The van der Waals surface area contributed by atoms with Gasteiger partial charge in [0, 0.05) is 0 Å². The van der Waals surface area contributed by atoms with Gasteiger partial charge < -0.3 is 10.4 Å². The van der Waals surface area contributed by atoms with Gasteiger partial charge in [0.1, 0.15) is 5.82 Å². The molecule has 1 aromatic rings. The molecule has 1 saturated carbocycles. The summed E-state index contributed by atoms with van der Waals surface area (Å²) >= 11 is 0. The molecule has 5 heteroatoms. The molecule has 0 heterocycles. The monoisotopic (exact) mass is 265 g/mol. The summed E-state index contributed by atoms with van der Waals surface area (Å²) in [4.78, 5) is 23.1. The predicted octanol–water partition coefficient (Wildman–Crippen LogP) is 2.57. The first-order valence-corrected chi connectivity index (χ1v) is 6.29. The van der Waals surface area contributed by atoms with Crippen molar-refractivity contribution < 1.29 is 19.1 Å². The number of anilines is 1. The van der Waals surface area contributed by atoms with Crippen LogP contribution in [0.15, 0.2) is 18.2 Å². The number of carbonyl (C=O) groups is 2. The molecule has 1 aliphatic rings. The SMILES string of the molecule is Cc1ccc(NC(=O)[C@@H]2CCC[C@@H]2C(=O)O)c(F)c1. The molecule has 2 N–H and O–H groups in total. The summed E-state index contributed by atoms with van der Waals surface area (Å²) in [6, 6.07) is 4.52. The summed E-state index contributed by atoms with van der Waals surface area (Å²) in [5.74, 6) is -3.10. The van der Waals surface area contributed by atoms with Crippen molar-refractivity contribution >= 4 is 17.6 Å². The van der Waals surface area contributed by atoms with Crippen molar-refractivity contribution in [2.24, 2.45) is 11.8 Å². The summed E-state index contributed by atoms with van der Waals surface area (Å²) in [5.41, 5.74) is 0.867. The molecule has 19 heavy (non-hydrogen) atoms. The summed E-state index contributed by atoms with van der Waals surface area (Å²) in [5, 5.41) is 11.5. The minimum atomic E-state index is -0.956. The minimum Gasteiger partial charge on any atom is -0.481 e. The Morgan fingerprint density at radius 2 is 2.00 bits per heavy atom. The van der Waals surface area contributed by atoms with Gasteiger partial charge in [-0.3, -0.25) is 9.59 Å². The number of aryl methyl sites for hydroxylation is 1. The maximum Gasteiger partial charge on any atom is 0.307 e. The van der Waals surface area contributed by atoms with Crippen molar-refractivity contribution in [2.45, 2.75) is 26.2 Å². The number of carboxylic acid groups (broad SMARTS) is 1. The molecule has 1 amide bonds. The van der Waals surface area contributed by atoms with E-state index in [-0.39, 0.29) is 5.69 Å². The fourth-order valence-corrected chi connectivity index (χ4v) is 2.52. The highest BCUT2D eigenvalue weighted by Crippen LogP contribution is 2.33. The number of nitrogens with one attached hydrogen (secondary N) is 1. The molecular weight excluding hydrogens is 249 g/mol. The van der Waals surface area contributed by atoms with Gasteiger partial charge in [-0.1, -0.05) is 12.5 Å². The van der Waals surface area contributed by atoms with Crippen LogP contribution in [0.25, 0.3) is 0 Å². The lowest BCUT2D eigenvalue weighted by Crippen LogP contribution is -2.30. The van der Waals surface area contributed by atoms with E-state index in [9.17, 15) is 14.0 Å². The van der Waals surface area contributed by atoms with Crippen LogP contribution in [0.2, 0.25) is 0 Å². The van der Waals surface area contributed by atoms with Crippen molar-refractivity contribution in [1.82, 2.24) is 0 Å². The van der Waals surface area contributed by atoms with Crippen LogP contribution in [0.3, 0.4) is 0 Å². The molecule has 0 saturated heterocycles. The molecule has 0 unspecified atom stereocenters. The fraction of sp³-hybridized carbons (Fsp3) is 0.429. The van der Waals surface area contributed by atoms with Crippen molar-refractivity contribution in [3.8, 4) is 0 Å². The van der Waals surface area contributed by atoms with Gasteiger partial charge in [0.25, 0.3) is 0 Å². The molecule has 1 fully saturated rings. The normalized spacial score (nSPS) is 22.2. The molecule has 0 aromatic heterocycles. The van der Waals surface area contributed by atoms with Gasteiger partial charge in [0.2, 0.25) is 5.91 Å². The molecule has 4 nitrogen and oxygen atoms in total. The number of rotatable bonds is 3. The highest BCUT2D eigenvalue weighted by Gasteiger charge is 2.37. The van der Waals surface area contributed by atoms with E-state index in [0.717, 1.165) is 5.56 Å². The third-order valence-corrected chi connectivity index (χ3v) is 3.55. The highest BCUT2D eigenvalue weighted by molar-refractivity contribution is 5.95. The standard InChI is InChI=1S/C14H16FNO3/c1-8-5-6-12(11(15)7-8)16-13(17)9-3-2-4-10(9)14(18)19/h5-7,9-10H,2-4H2,1H3,(H,16,17)(H,18,19)/t9-,10+/m1/s1. The van der Waals surface area contributed by atoms with E-state index < -0.39 is 29.5 Å². The summed E-state index contributed by atoms with van der Waals surface area (Å²) in [6.07, 6.45) is 1.76. The van der Waals surface area contributed by atoms with Crippen LogP contribution >= 0.6 is 0 Å². The smallest absolute Gasteiger partial charge is 0.307 e. The summed E-state index contributed by atoms with van der Waals surface area (Å²) in [7, 11) is 0. The Morgan fingerprint density at radius 3 is 2.63 bits per heavy atom. The van der Waals surface area contributed by atoms with Crippen LogP contribution in [0.4, 0.5) is 10.1 Å². The zero-order chi connectivity index (χ0) is 14.0. The average Bonchev–Trinajstić information content (AvgIpc) is 2.82. The van der Waals surface area contributed by atoms with Gasteiger partial charge in [-0.25, -0.2) is 4.39 Å². The zero-order valence-electron chi connectivity index (χ0n) is 10.6. The van der Waals surface area contributed by atoms with Crippen LogP contribution in [0.1, 0.15) is 24.8 Å². The van der Waals surface area contributed by atoms with Gasteiger partial charge in [-0.05, 0) is 37.5 Å². The average molecular weight is 265 g/mol. The Kier molecular flexibility index (Phi) is 3.83. The van der Waals surface area contributed by atoms with E-state index in [1.807, 2.05) is 0 Å². The second kappa shape index (κ2) is 5.38. The van der Waals surface area contributed by atoms with Crippen molar-refractivity contribution in [3.63, 3.8) is 0 Å². The lowest BCUT2D eigenvalue weighted by Gasteiger charge is -2.16. The molecule has 2 rings (SSSR count). The van der Waals surface area contributed by atoms with Gasteiger partial charge >= 0.3 is 5.97 Å². The number of hydrogen-bond acceptors (Lipinski definition) is 2. The molecule has 0 radical (unpaired) electrons. The van der Waals surface area contributed by atoms with E-state index in [1.165, 1.54) is 12.1 Å². The van der Waals surface area contributed by atoms with E-state index in [0.29, 0.717) is 19.3 Å². The third kappa shape index (κ3) is 2.92. The van der Waals surface area contributed by atoms with Crippen LogP contribution < -0.4 is 5.32 Å². The van der Waals surface area contributed by atoms with E-state index in [2.05, 4.69) is 5.32 Å². The lowest BCUT2D eigenvalue weighted by molar-refractivity contribution is -0.145. The Balaban J connectivity index is 2.10. The van der Waals surface area contributed by atoms with Crippen LogP contribution in [0, 0.1) is 24.6 Å². The van der Waals surface area contributed by atoms with Crippen LogP contribution in [-0.2, 0) is 9.59 Å². The number of carbonyl (C=O) groups excluding carboxylic acids is 1. The summed E-state index contributed by atoms with van der Waals surface area (Å²) in [6.45, 7) is 1.76. The van der Waals surface area contributed by atoms with Crippen molar-refractivity contribution in [3.05, 3.63) is 29.6 Å². The van der Waals surface area contributed by atoms with E-state index >= 15 is 0 Å². The topological polar surface area (TPSA) is 66.4 Å². The van der Waals surface area contributed by atoms with Gasteiger partial charge in [0.15, 0.2) is 0 Å². The number of hydrogen-bond donors (Lipinski definition) is 2. The second-order valence-electron chi connectivity index (χ2n) is 4.95. The van der Waals surface area contributed by atoms with Crippen LogP contribution in [0.5, 0.6) is 0 Å². The minimum absolute atomic E-state index is 0.103. The Hall–Kier alpha value is -1.91. The van der Waals surface area contributed by atoms with E-state index in [1.54, 1.807) is 13.0 Å². The number of carboxylic acids is 1. The molecular formula is C14H16FNO3. The molecule has 1 aromatic carbocycles. The third-order valence-electron chi connectivity index (χ3n) is 3.55. The molecule has 2 atom stereocenters. The predicted molar refractivity (Wildman–Crippen MR) is 68.2 cm³/mol. The maximum atomic E-state index is 13.6. The number of benzene rings is 1. The first kappa shape index (κ1) is 13.5. The lowest BCUT2D eigenvalue weighted by atomic mass is 9.95. The highest BCUT2D eigenvalue weighted by atomic mass is 19.1. The van der Waals surface area contributed by atoms with Crippen molar-refractivity contribution in [1.29, 1.82) is 0 Å². The maximum absolute atomic E-state index is 13.6. The number of halogens is 1. The number of aliphatic carboxylic acids is 1. The van der Waals surface area contributed by atoms with Gasteiger partial charge in [0.05, 0.1) is 17.5 Å². The molecule has 102 valence electrons. The molecule has 0 bridgehead atoms. The van der Waals surface area contributed by atoms with Gasteiger partial charge in [-0.2, -0.15) is 0 Å². The van der Waals surface area contributed by atoms with E-state index in [4.69, 9.17) is 5.11 Å². The van der Waals surface area contributed by atoms with Crippen LogP contribution in [-0.4, -0.2) is 17.0 Å². The Labute approximate surface area is 110 Å². The molecule has 0 spiro atoms. The largest absolute Gasteiger partial charge is 0.481 e. The molecule has 1 aliphatic carbocycles. The molecule has 0 aliphatic heterocycles. The fourth-order valence-electron chi connectivity index (χ4n) is 2.52. The first-order valence-electron chi connectivity index (χ1n) is 6.29. The first-order chi connectivity index (χ1) is 8.99. The zero-order valence-corrected chi connectivity index (χ0v) is 10.6. The number of amides is 1. The summed E-state index contributed by atoms with van der Waals surface area (Å²) < 4.78 is 13.6. The Bertz CT molecular complexity index is 515. The second-order valence-corrected chi connectivity index (χ2v) is 4.95. The Morgan fingerprint density at radius 1 is 1.32 bits per heavy atom. The van der Waals surface area contributed by atoms with Gasteiger partial charge in [-0.15, -0.1) is 0 Å². The quantitative estimate of drug-likeness (QED) is 0.882. The van der Waals surface area contributed by atoms with Crippen molar-refractivity contribution in [2.75, 3.05) is 5.32 Å².